The van der Waals surface area contributed by atoms with E-state index in [0.29, 0.717) is 19.5 Å². The quantitative estimate of drug-likeness (QED) is 0.733. The molecule has 0 spiro atoms. The molecule has 1 aliphatic rings. The second kappa shape index (κ2) is 6.35. The van der Waals surface area contributed by atoms with Gasteiger partial charge in [-0.3, -0.25) is 4.79 Å². The van der Waals surface area contributed by atoms with E-state index < -0.39 is 9.84 Å². The van der Waals surface area contributed by atoms with Crippen molar-refractivity contribution in [2.24, 2.45) is 0 Å². The van der Waals surface area contributed by atoms with Gasteiger partial charge in [-0.1, -0.05) is 0 Å². The van der Waals surface area contributed by atoms with E-state index in [1.165, 1.54) is 6.26 Å². The highest BCUT2D eigenvalue weighted by Crippen LogP contribution is 2.09. The molecule has 1 atom stereocenters. The molecule has 6 heteroatoms. The van der Waals surface area contributed by atoms with E-state index in [2.05, 4.69) is 5.32 Å². The third-order valence-electron chi connectivity index (χ3n) is 2.85. The van der Waals surface area contributed by atoms with Gasteiger partial charge in [0.1, 0.15) is 9.84 Å². The molecule has 17 heavy (non-hydrogen) atoms. The molecule has 5 nitrogen and oxygen atoms in total. The first kappa shape index (κ1) is 14.4. The maximum Gasteiger partial charge on any atom is 0.222 e. The molecule has 0 bridgehead atoms. The fourth-order valence-corrected chi connectivity index (χ4v) is 3.08. The van der Waals surface area contributed by atoms with Crippen molar-refractivity contribution in [3.8, 4) is 0 Å². The number of carbonyl (C=O) groups excluding carboxylic acids is 1. The lowest BCUT2D eigenvalue weighted by atomic mass is 10.1. The highest BCUT2D eigenvalue weighted by molar-refractivity contribution is 7.90. The van der Waals surface area contributed by atoms with Crippen LogP contribution in [-0.4, -0.2) is 56.9 Å². The molecule has 0 aliphatic carbocycles. The van der Waals surface area contributed by atoms with Crippen LogP contribution in [0.1, 0.15) is 26.2 Å². The number of nitrogens with zero attached hydrogens (tertiary/aromatic N) is 1. The van der Waals surface area contributed by atoms with Gasteiger partial charge in [0.2, 0.25) is 5.91 Å². The molecule has 0 aromatic carbocycles. The molecule has 0 aromatic rings. The van der Waals surface area contributed by atoms with Gasteiger partial charge in [0, 0.05) is 38.4 Å². The van der Waals surface area contributed by atoms with Crippen LogP contribution >= 0.6 is 0 Å². The molecule has 1 amide bonds. The van der Waals surface area contributed by atoms with E-state index in [1.54, 1.807) is 0 Å². The molecule has 1 aliphatic heterocycles. The summed E-state index contributed by atoms with van der Waals surface area (Å²) in [6, 6.07) is -0.0649. The van der Waals surface area contributed by atoms with Gasteiger partial charge < -0.3 is 10.2 Å². The number of piperidine rings is 1. The van der Waals surface area contributed by atoms with Crippen molar-refractivity contribution in [2.75, 3.05) is 31.6 Å². The molecular weight excluding hydrogens is 240 g/mol. The Morgan fingerprint density at radius 3 is 2.71 bits per heavy atom. The lowest BCUT2D eigenvalue weighted by Gasteiger charge is -2.27. The molecule has 0 saturated carbocycles. The molecule has 1 fully saturated rings. The Balaban J connectivity index is 2.20. The minimum atomic E-state index is -2.93. The smallest absolute Gasteiger partial charge is 0.222 e. The van der Waals surface area contributed by atoms with Gasteiger partial charge in [-0.2, -0.15) is 0 Å². The second-order valence-electron chi connectivity index (χ2n) is 4.79. The van der Waals surface area contributed by atoms with Gasteiger partial charge in [0.15, 0.2) is 0 Å². The zero-order valence-electron chi connectivity index (χ0n) is 10.6. The van der Waals surface area contributed by atoms with Gasteiger partial charge in [-0.15, -0.1) is 0 Å². The fraction of sp³-hybridized carbons (Fsp3) is 0.909. The Morgan fingerprint density at radius 1 is 1.41 bits per heavy atom. The first-order valence-electron chi connectivity index (χ1n) is 6.07. The molecule has 100 valence electrons. The first-order chi connectivity index (χ1) is 7.88. The number of carbonyl (C=O) groups is 1. The maximum atomic E-state index is 11.5. The summed E-state index contributed by atoms with van der Waals surface area (Å²) in [6.45, 7) is 4.01. The highest BCUT2D eigenvalue weighted by atomic mass is 32.2. The Morgan fingerprint density at radius 2 is 2.12 bits per heavy atom. The second-order valence-corrected chi connectivity index (χ2v) is 6.97. The summed E-state index contributed by atoms with van der Waals surface area (Å²) in [4.78, 5) is 13.4. The summed E-state index contributed by atoms with van der Waals surface area (Å²) in [5.74, 6) is 0.356. The average Bonchev–Trinajstić information content (AvgIpc) is 2.18. The lowest BCUT2D eigenvalue weighted by molar-refractivity contribution is -0.133. The highest BCUT2D eigenvalue weighted by Gasteiger charge is 2.17. The molecule has 1 rings (SSSR count). The van der Waals surface area contributed by atoms with Crippen molar-refractivity contribution < 1.29 is 13.2 Å². The van der Waals surface area contributed by atoms with E-state index in [4.69, 9.17) is 0 Å². The molecule has 0 radical (unpaired) electrons. The Kier molecular flexibility index (Phi) is 5.39. The molecule has 0 aromatic heterocycles. The minimum Gasteiger partial charge on any atom is -0.341 e. The van der Waals surface area contributed by atoms with E-state index in [-0.39, 0.29) is 17.7 Å². The van der Waals surface area contributed by atoms with Gasteiger partial charge in [0.05, 0.1) is 5.75 Å². The van der Waals surface area contributed by atoms with E-state index in [9.17, 15) is 13.2 Å². The number of likely N-dealkylation sites (tertiary alicyclic amines) is 1. The van der Waals surface area contributed by atoms with Gasteiger partial charge in [-0.05, 0) is 19.8 Å². The molecule has 0 unspecified atom stereocenters. The van der Waals surface area contributed by atoms with E-state index in [1.807, 2.05) is 11.8 Å². The minimum absolute atomic E-state index is 0.0649. The normalized spacial score (nSPS) is 19.4. The number of hydrogen-bond acceptors (Lipinski definition) is 4. The van der Waals surface area contributed by atoms with Crippen molar-refractivity contribution in [1.29, 1.82) is 0 Å². The van der Waals surface area contributed by atoms with Crippen LogP contribution in [0.5, 0.6) is 0 Å². The van der Waals surface area contributed by atoms with Crippen LogP contribution in [0.3, 0.4) is 0 Å². The predicted molar refractivity (Wildman–Crippen MR) is 67.6 cm³/mol. The van der Waals surface area contributed by atoms with E-state index >= 15 is 0 Å². The molecule has 1 saturated heterocycles. The van der Waals surface area contributed by atoms with Crippen LogP contribution in [0.25, 0.3) is 0 Å². The monoisotopic (exact) mass is 262 g/mol. The van der Waals surface area contributed by atoms with Crippen molar-refractivity contribution >= 4 is 15.7 Å². The number of nitrogens with one attached hydrogen (secondary N) is 1. The Labute approximate surface area is 103 Å². The van der Waals surface area contributed by atoms with Crippen molar-refractivity contribution in [3.63, 3.8) is 0 Å². The van der Waals surface area contributed by atoms with E-state index in [0.717, 1.165) is 19.4 Å². The third kappa shape index (κ3) is 6.02. The number of sulfone groups is 1. The third-order valence-corrected chi connectivity index (χ3v) is 3.95. The summed E-state index contributed by atoms with van der Waals surface area (Å²) in [5, 5.41) is 3.13. The summed E-state index contributed by atoms with van der Waals surface area (Å²) >= 11 is 0. The van der Waals surface area contributed by atoms with Crippen molar-refractivity contribution in [2.45, 2.75) is 32.2 Å². The summed E-state index contributed by atoms with van der Waals surface area (Å²) in [5.41, 5.74) is 0. The molecule has 1 N–H and O–H groups in total. The van der Waals surface area contributed by atoms with Crippen LogP contribution in [0.15, 0.2) is 0 Å². The Hall–Kier alpha value is -0.620. The summed E-state index contributed by atoms with van der Waals surface area (Å²) in [6.07, 6.45) is 3.95. The number of hydrogen-bond donors (Lipinski definition) is 1. The fourth-order valence-electron chi connectivity index (χ4n) is 2.06. The SMILES string of the molecule is C[C@@H](CS(C)(=O)=O)NCCN1CCCCC1=O. The van der Waals surface area contributed by atoms with Crippen LogP contribution in [-0.2, 0) is 14.6 Å². The Bertz CT molecular complexity index is 354. The maximum absolute atomic E-state index is 11.5. The van der Waals surface area contributed by atoms with Crippen LogP contribution in [0.2, 0.25) is 0 Å². The van der Waals surface area contributed by atoms with Gasteiger partial charge >= 0.3 is 0 Å². The van der Waals surface area contributed by atoms with Crippen LogP contribution < -0.4 is 5.32 Å². The standard InChI is InChI=1S/C11H22N2O3S/c1-10(9-17(2,15)16)12-6-8-13-7-4-3-5-11(13)14/h10,12H,3-9H2,1-2H3/t10-/m0/s1. The number of amides is 1. The van der Waals surface area contributed by atoms with Crippen LogP contribution in [0.4, 0.5) is 0 Å². The molecule has 1 heterocycles. The summed E-state index contributed by atoms with van der Waals surface area (Å²) < 4.78 is 22.1. The largest absolute Gasteiger partial charge is 0.341 e. The topological polar surface area (TPSA) is 66.5 Å². The van der Waals surface area contributed by atoms with Gasteiger partial charge in [0.25, 0.3) is 0 Å². The van der Waals surface area contributed by atoms with Crippen molar-refractivity contribution in [1.82, 2.24) is 10.2 Å². The van der Waals surface area contributed by atoms with Gasteiger partial charge in [-0.25, -0.2) is 8.42 Å². The predicted octanol–water partition coefficient (Wildman–Crippen LogP) is 0.0216. The van der Waals surface area contributed by atoms with Crippen molar-refractivity contribution in [3.05, 3.63) is 0 Å². The lowest BCUT2D eigenvalue weighted by Crippen LogP contribution is -2.42. The summed E-state index contributed by atoms with van der Waals surface area (Å²) in [7, 11) is -2.93. The number of rotatable bonds is 6. The first-order valence-corrected chi connectivity index (χ1v) is 8.13. The zero-order chi connectivity index (χ0) is 12.9. The van der Waals surface area contributed by atoms with Crippen LogP contribution in [0, 0.1) is 0 Å². The molecular formula is C11H22N2O3S. The zero-order valence-corrected chi connectivity index (χ0v) is 11.4. The average molecular weight is 262 g/mol.